The van der Waals surface area contributed by atoms with Crippen LogP contribution < -0.4 is 5.32 Å². The highest BCUT2D eigenvalue weighted by molar-refractivity contribution is 7.09. The second-order valence-corrected chi connectivity index (χ2v) is 5.49. The van der Waals surface area contributed by atoms with E-state index in [9.17, 15) is 4.79 Å². The lowest BCUT2D eigenvalue weighted by Gasteiger charge is -2.26. The van der Waals surface area contributed by atoms with Crippen LogP contribution in [0.1, 0.15) is 36.9 Å². The maximum atomic E-state index is 12.3. The van der Waals surface area contributed by atoms with E-state index in [0.29, 0.717) is 12.2 Å². The van der Waals surface area contributed by atoms with E-state index in [1.165, 1.54) is 0 Å². The van der Waals surface area contributed by atoms with Crippen LogP contribution in [0.15, 0.2) is 5.38 Å². The van der Waals surface area contributed by atoms with Gasteiger partial charge >= 0.3 is 0 Å². The van der Waals surface area contributed by atoms with Crippen LogP contribution in [0, 0.1) is 6.92 Å². The minimum Gasteiger partial charge on any atom is -0.305 e. The second-order valence-electron chi connectivity index (χ2n) is 4.42. The zero-order valence-electron chi connectivity index (χ0n) is 9.88. The van der Waals surface area contributed by atoms with Crippen LogP contribution in [-0.2, 0) is 11.2 Å². The molecule has 2 rings (SSSR count). The lowest BCUT2D eigenvalue weighted by atomic mass is 9.87. The van der Waals surface area contributed by atoms with Crippen LogP contribution in [0.4, 0.5) is 0 Å². The molecule has 1 saturated heterocycles. The number of nitrogens with zero attached hydrogens (tertiary/aromatic N) is 1. The summed E-state index contributed by atoms with van der Waals surface area (Å²) in [6.45, 7) is 5.03. The molecule has 88 valence electrons. The zero-order valence-corrected chi connectivity index (χ0v) is 10.7. The molecule has 1 aliphatic heterocycles. The Labute approximate surface area is 100 Å². The molecule has 1 aliphatic rings. The largest absolute Gasteiger partial charge is 0.305 e. The maximum absolute atomic E-state index is 12.3. The van der Waals surface area contributed by atoms with Gasteiger partial charge in [0.15, 0.2) is 5.78 Å². The summed E-state index contributed by atoms with van der Waals surface area (Å²) in [7, 11) is 0. The SMILES string of the molecule is CCC1(C(=O)Cc2csc(C)n2)CCCN1. The molecule has 1 unspecified atom stereocenters. The highest BCUT2D eigenvalue weighted by atomic mass is 32.1. The summed E-state index contributed by atoms with van der Waals surface area (Å²) >= 11 is 1.61. The van der Waals surface area contributed by atoms with Gasteiger partial charge in [0, 0.05) is 5.38 Å². The van der Waals surface area contributed by atoms with Gasteiger partial charge in [0.2, 0.25) is 0 Å². The number of carbonyl (C=O) groups is 1. The van der Waals surface area contributed by atoms with E-state index in [1.54, 1.807) is 11.3 Å². The highest BCUT2D eigenvalue weighted by Crippen LogP contribution is 2.25. The Kier molecular flexibility index (Phi) is 3.40. The number of nitrogens with one attached hydrogen (secondary N) is 1. The summed E-state index contributed by atoms with van der Waals surface area (Å²) in [5.41, 5.74) is 0.659. The van der Waals surface area contributed by atoms with Gasteiger partial charge in [-0.1, -0.05) is 6.92 Å². The van der Waals surface area contributed by atoms with Gasteiger partial charge < -0.3 is 5.32 Å². The molecule has 1 atom stereocenters. The fraction of sp³-hybridized carbons (Fsp3) is 0.667. The normalized spacial score (nSPS) is 24.9. The van der Waals surface area contributed by atoms with Gasteiger partial charge in [0.05, 0.1) is 22.7 Å². The first-order chi connectivity index (χ1) is 7.66. The Morgan fingerprint density at radius 1 is 1.69 bits per heavy atom. The molecule has 0 amide bonds. The number of hydrogen-bond donors (Lipinski definition) is 1. The molecule has 1 fully saturated rings. The van der Waals surface area contributed by atoms with Crippen molar-refractivity contribution in [3.63, 3.8) is 0 Å². The fourth-order valence-corrected chi connectivity index (χ4v) is 2.98. The van der Waals surface area contributed by atoms with Crippen molar-refractivity contribution in [2.24, 2.45) is 0 Å². The Balaban J connectivity index is 2.07. The van der Waals surface area contributed by atoms with Crippen molar-refractivity contribution in [1.29, 1.82) is 0 Å². The Morgan fingerprint density at radius 3 is 3.00 bits per heavy atom. The topological polar surface area (TPSA) is 42.0 Å². The molecule has 0 saturated carbocycles. The Morgan fingerprint density at radius 2 is 2.50 bits per heavy atom. The number of carbonyl (C=O) groups excluding carboxylic acids is 1. The molecule has 0 bridgehead atoms. The first-order valence-electron chi connectivity index (χ1n) is 5.85. The number of aryl methyl sites for hydroxylation is 1. The van der Waals surface area contributed by atoms with Gasteiger partial charge in [-0.15, -0.1) is 11.3 Å². The summed E-state index contributed by atoms with van der Waals surface area (Å²) < 4.78 is 0. The molecule has 0 aromatic carbocycles. The number of hydrogen-bond acceptors (Lipinski definition) is 4. The third kappa shape index (κ3) is 2.18. The molecular formula is C12H18N2OS. The molecule has 2 heterocycles. The molecule has 1 N–H and O–H groups in total. The summed E-state index contributed by atoms with van der Waals surface area (Å²) in [5.74, 6) is 0.304. The van der Waals surface area contributed by atoms with Crippen LogP contribution in [0.25, 0.3) is 0 Å². The number of ketones is 1. The highest BCUT2D eigenvalue weighted by Gasteiger charge is 2.38. The lowest BCUT2D eigenvalue weighted by Crippen LogP contribution is -2.47. The van der Waals surface area contributed by atoms with Crippen LogP contribution in [0.3, 0.4) is 0 Å². The molecule has 0 radical (unpaired) electrons. The molecule has 4 heteroatoms. The van der Waals surface area contributed by atoms with E-state index >= 15 is 0 Å². The summed E-state index contributed by atoms with van der Waals surface area (Å²) in [6.07, 6.45) is 3.45. The van der Waals surface area contributed by atoms with Gasteiger partial charge in [-0.2, -0.15) is 0 Å². The lowest BCUT2D eigenvalue weighted by molar-refractivity contribution is -0.124. The second kappa shape index (κ2) is 4.63. The van der Waals surface area contributed by atoms with Crippen LogP contribution >= 0.6 is 11.3 Å². The number of rotatable bonds is 4. The smallest absolute Gasteiger partial charge is 0.158 e. The Hall–Kier alpha value is -0.740. The molecular weight excluding hydrogens is 220 g/mol. The monoisotopic (exact) mass is 238 g/mol. The van der Waals surface area contributed by atoms with Crippen molar-refractivity contribution in [2.75, 3.05) is 6.54 Å². The average Bonchev–Trinajstić information content (AvgIpc) is 2.88. The van der Waals surface area contributed by atoms with Crippen molar-refractivity contribution in [3.8, 4) is 0 Å². The summed E-state index contributed by atoms with van der Waals surface area (Å²) in [4.78, 5) is 16.6. The number of thiazole rings is 1. The fourth-order valence-electron chi connectivity index (χ4n) is 2.37. The van der Waals surface area contributed by atoms with Crippen molar-refractivity contribution in [1.82, 2.24) is 10.3 Å². The number of Topliss-reactive ketones (excluding diaryl/α,β-unsaturated/α-hetero) is 1. The van der Waals surface area contributed by atoms with E-state index in [1.807, 2.05) is 12.3 Å². The van der Waals surface area contributed by atoms with Gasteiger partial charge in [-0.25, -0.2) is 4.98 Å². The predicted octanol–water partition coefficient (Wildman–Crippen LogP) is 2.10. The van der Waals surface area contributed by atoms with Crippen LogP contribution in [-0.4, -0.2) is 22.9 Å². The number of aromatic nitrogens is 1. The van der Waals surface area contributed by atoms with E-state index < -0.39 is 0 Å². The summed E-state index contributed by atoms with van der Waals surface area (Å²) in [5, 5.41) is 6.40. The van der Waals surface area contributed by atoms with Crippen LogP contribution in [0.5, 0.6) is 0 Å². The van der Waals surface area contributed by atoms with Crippen LogP contribution in [0.2, 0.25) is 0 Å². The molecule has 0 spiro atoms. The zero-order chi connectivity index (χ0) is 11.6. The van der Waals surface area contributed by atoms with Gasteiger partial charge in [0.1, 0.15) is 0 Å². The molecule has 3 nitrogen and oxygen atoms in total. The minimum absolute atomic E-state index is 0.266. The minimum atomic E-state index is -0.266. The summed E-state index contributed by atoms with van der Waals surface area (Å²) in [6, 6.07) is 0. The Bertz CT molecular complexity index is 380. The van der Waals surface area contributed by atoms with Gasteiger partial charge in [-0.05, 0) is 32.7 Å². The average molecular weight is 238 g/mol. The van der Waals surface area contributed by atoms with Crippen molar-refractivity contribution >= 4 is 17.1 Å². The molecule has 1 aromatic rings. The first kappa shape index (κ1) is 11.7. The van der Waals surface area contributed by atoms with E-state index in [2.05, 4.69) is 17.2 Å². The quantitative estimate of drug-likeness (QED) is 0.873. The third-order valence-corrected chi connectivity index (χ3v) is 4.21. The van der Waals surface area contributed by atoms with Gasteiger partial charge in [0.25, 0.3) is 0 Å². The molecule has 1 aromatic heterocycles. The van der Waals surface area contributed by atoms with E-state index in [0.717, 1.165) is 36.5 Å². The standard InChI is InChI=1S/C12H18N2OS/c1-3-12(5-4-6-13-12)11(15)7-10-8-16-9(2)14-10/h8,13H,3-7H2,1-2H3. The predicted molar refractivity (Wildman–Crippen MR) is 65.8 cm³/mol. The molecule has 16 heavy (non-hydrogen) atoms. The maximum Gasteiger partial charge on any atom is 0.158 e. The molecule has 0 aliphatic carbocycles. The third-order valence-electron chi connectivity index (χ3n) is 3.39. The van der Waals surface area contributed by atoms with Gasteiger partial charge in [-0.3, -0.25) is 4.79 Å². The van der Waals surface area contributed by atoms with Crippen molar-refractivity contribution in [2.45, 2.75) is 45.1 Å². The van der Waals surface area contributed by atoms with E-state index in [4.69, 9.17) is 0 Å². The van der Waals surface area contributed by atoms with Crippen molar-refractivity contribution < 1.29 is 4.79 Å². The first-order valence-corrected chi connectivity index (χ1v) is 6.73. The van der Waals surface area contributed by atoms with Crippen molar-refractivity contribution in [3.05, 3.63) is 16.1 Å². The van der Waals surface area contributed by atoms with E-state index in [-0.39, 0.29) is 5.54 Å².